The summed E-state index contributed by atoms with van der Waals surface area (Å²) in [6, 6.07) is 1.52. The van der Waals surface area contributed by atoms with Gasteiger partial charge >= 0.3 is 15.3 Å². The smallest absolute Gasteiger partial charge is 0.302 e. The van der Waals surface area contributed by atoms with Crippen molar-refractivity contribution >= 4 is 31.6 Å². The second-order valence-corrected chi connectivity index (χ2v) is 4.89. The van der Waals surface area contributed by atoms with E-state index in [1.165, 1.54) is 4.72 Å². The third kappa shape index (κ3) is 3.63. The average Bonchev–Trinajstić information content (AvgIpc) is 2.08. The Morgan fingerprint density at radius 3 is 2.19 bits per heavy atom. The molecule has 0 unspecified atom stereocenters. The van der Waals surface area contributed by atoms with Crippen molar-refractivity contribution in [2.24, 2.45) is 0 Å². The first-order chi connectivity index (χ1) is 7.29. The number of carbonyl (C=O) groups is 1. The topological polar surface area (TPSA) is 75.3 Å². The van der Waals surface area contributed by atoms with Crippen molar-refractivity contribution in [2.45, 2.75) is 0 Å². The number of hydrogen-bond donors (Lipinski definition) is 2. The number of halogens is 3. The normalized spacial score (nSPS) is 10.9. The molecular formula is C7H5ClF2N2O3S. The average molecular weight is 271 g/mol. The zero-order chi connectivity index (χ0) is 12.3. The molecule has 0 bridgehead atoms. The van der Waals surface area contributed by atoms with E-state index in [-0.39, 0.29) is 0 Å². The van der Waals surface area contributed by atoms with Gasteiger partial charge in [-0.1, -0.05) is 6.07 Å². The lowest BCUT2D eigenvalue weighted by molar-refractivity contribution is 0.256. The maximum atomic E-state index is 13.0. The van der Waals surface area contributed by atoms with Crippen LogP contribution in [0, 0.1) is 11.6 Å². The molecule has 88 valence electrons. The Morgan fingerprint density at radius 1 is 1.25 bits per heavy atom. The van der Waals surface area contributed by atoms with Crippen molar-refractivity contribution in [1.82, 2.24) is 4.72 Å². The summed E-state index contributed by atoms with van der Waals surface area (Å²) in [5, 5.41) is 1.67. The Hall–Kier alpha value is -1.41. The van der Waals surface area contributed by atoms with Crippen LogP contribution in [0.3, 0.4) is 0 Å². The van der Waals surface area contributed by atoms with E-state index >= 15 is 0 Å². The molecule has 0 aliphatic heterocycles. The van der Waals surface area contributed by atoms with E-state index in [4.69, 9.17) is 0 Å². The van der Waals surface area contributed by atoms with E-state index < -0.39 is 32.6 Å². The molecule has 5 nitrogen and oxygen atoms in total. The number of amides is 2. The second-order valence-electron chi connectivity index (χ2n) is 2.59. The molecule has 16 heavy (non-hydrogen) atoms. The monoisotopic (exact) mass is 270 g/mol. The molecule has 0 fully saturated rings. The lowest BCUT2D eigenvalue weighted by atomic mass is 10.3. The molecule has 1 aromatic carbocycles. The van der Waals surface area contributed by atoms with Crippen LogP contribution >= 0.6 is 10.7 Å². The minimum atomic E-state index is -4.30. The van der Waals surface area contributed by atoms with Gasteiger partial charge in [0.2, 0.25) is 0 Å². The Bertz CT molecular complexity index is 500. The number of anilines is 1. The van der Waals surface area contributed by atoms with Crippen molar-refractivity contribution in [3.8, 4) is 0 Å². The number of nitrogens with one attached hydrogen (secondary N) is 2. The lowest BCUT2D eigenvalue weighted by Crippen LogP contribution is -2.31. The predicted molar refractivity (Wildman–Crippen MR) is 53.3 cm³/mol. The third-order valence-electron chi connectivity index (χ3n) is 1.42. The van der Waals surface area contributed by atoms with Gasteiger partial charge in [-0.3, -0.25) is 0 Å². The first-order valence-electron chi connectivity index (χ1n) is 3.77. The summed E-state index contributed by atoms with van der Waals surface area (Å²) in [5.41, 5.74) is -0.764. The molecule has 0 heterocycles. The summed E-state index contributed by atoms with van der Waals surface area (Å²) in [7, 11) is 0.383. The van der Waals surface area contributed by atoms with Gasteiger partial charge in [0.05, 0.1) is 0 Å². The largest absolute Gasteiger partial charge is 0.333 e. The van der Waals surface area contributed by atoms with Crippen LogP contribution in [0.25, 0.3) is 0 Å². The number of hydrogen-bond acceptors (Lipinski definition) is 3. The lowest BCUT2D eigenvalue weighted by Gasteiger charge is -2.06. The Labute approximate surface area is 94.0 Å². The molecule has 0 aliphatic rings. The minimum absolute atomic E-state index is 0.764. The van der Waals surface area contributed by atoms with E-state index in [1.54, 1.807) is 5.32 Å². The minimum Gasteiger partial charge on any atom is -0.302 e. The number of urea groups is 1. The molecule has 0 saturated heterocycles. The van der Waals surface area contributed by atoms with Gasteiger partial charge in [0, 0.05) is 10.7 Å². The summed E-state index contributed by atoms with van der Waals surface area (Å²) in [4.78, 5) is 10.9. The molecule has 0 radical (unpaired) electrons. The van der Waals surface area contributed by atoms with E-state index in [2.05, 4.69) is 10.7 Å². The van der Waals surface area contributed by atoms with Gasteiger partial charge in [0.25, 0.3) is 0 Å². The van der Waals surface area contributed by atoms with Crippen LogP contribution in [0.4, 0.5) is 19.3 Å². The Kier molecular flexibility index (Phi) is 3.66. The molecule has 1 rings (SSSR count). The molecule has 0 saturated carbocycles. The summed E-state index contributed by atoms with van der Waals surface area (Å²) in [6.07, 6.45) is 0. The van der Waals surface area contributed by atoms with Gasteiger partial charge in [-0.05, 0) is 12.1 Å². The second kappa shape index (κ2) is 4.62. The molecule has 2 N–H and O–H groups in total. The molecule has 0 aliphatic carbocycles. The van der Waals surface area contributed by atoms with Crippen molar-refractivity contribution < 1.29 is 22.0 Å². The standard InChI is InChI=1S/C7H5ClF2N2O3S/c8-16(14,15)12-7(13)11-6-4(9)2-1-3-5(6)10/h1-3H,(H2,11,12,13). The number of rotatable bonds is 2. The first kappa shape index (κ1) is 12.7. The summed E-state index contributed by atoms with van der Waals surface area (Å²) in [5.74, 6) is -2.08. The van der Waals surface area contributed by atoms with Crippen LogP contribution in [0.5, 0.6) is 0 Å². The fourth-order valence-corrected chi connectivity index (χ4v) is 1.35. The van der Waals surface area contributed by atoms with Crippen LogP contribution in [-0.2, 0) is 9.24 Å². The Balaban J connectivity index is 2.86. The highest BCUT2D eigenvalue weighted by Crippen LogP contribution is 2.17. The van der Waals surface area contributed by atoms with E-state index in [0.717, 1.165) is 18.2 Å². The van der Waals surface area contributed by atoms with Crippen molar-refractivity contribution in [1.29, 1.82) is 0 Å². The van der Waals surface area contributed by atoms with Gasteiger partial charge in [0.15, 0.2) is 0 Å². The van der Waals surface area contributed by atoms with Crippen LogP contribution in [0.1, 0.15) is 0 Å². The molecule has 2 amide bonds. The summed E-state index contributed by atoms with van der Waals surface area (Å²) >= 11 is 0. The predicted octanol–water partition coefficient (Wildman–Crippen LogP) is 1.57. The Morgan fingerprint density at radius 2 is 1.75 bits per heavy atom. The molecular weight excluding hydrogens is 266 g/mol. The van der Waals surface area contributed by atoms with Gasteiger partial charge in [-0.15, -0.1) is 0 Å². The van der Waals surface area contributed by atoms with Crippen LogP contribution in [0.2, 0.25) is 0 Å². The fraction of sp³-hybridized carbons (Fsp3) is 0. The van der Waals surface area contributed by atoms with Gasteiger partial charge in [-0.2, -0.15) is 8.42 Å². The number of carbonyl (C=O) groups excluding carboxylic acids is 1. The molecule has 0 atom stereocenters. The van der Waals surface area contributed by atoms with Gasteiger partial charge in [-0.25, -0.2) is 18.3 Å². The molecule has 9 heteroatoms. The number of benzene rings is 1. The molecule has 0 aromatic heterocycles. The highest BCUT2D eigenvalue weighted by Gasteiger charge is 2.15. The van der Waals surface area contributed by atoms with Crippen molar-refractivity contribution in [3.63, 3.8) is 0 Å². The maximum Gasteiger partial charge on any atom is 0.333 e. The summed E-state index contributed by atoms with van der Waals surface area (Å²) < 4.78 is 48.0. The van der Waals surface area contributed by atoms with Gasteiger partial charge in [0.1, 0.15) is 17.3 Å². The fourth-order valence-electron chi connectivity index (χ4n) is 0.867. The highest BCUT2D eigenvalue weighted by molar-refractivity contribution is 8.12. The number of para-hydroxylation sites is 1. The van der Waals surface area contributed by atoms with Crippen LogP contribution in [0.15, 0.2) is 18.2 Å². The van der Waals surface area contributed by atoms with Crippen molar-refractivity contribution in [2.75, 3.05) is 5.32 Å². The SMILES string of the molecule is O=C(Nc1c(F)cccc1F)NS(=O)(=O)Cl. The summed E-state index contributed by atoms with van der Waals surface area (Å²) in [6.45, 7) is 0. The van der Waals surface area contributed by atoms with Crippen LogP contribution < -0.4 is 10.0 Å². The highest BCUT2D eigenvalue weighted by atomic mass is 35.7. The van der Waals surface area contributed by atoms with E-state index in [1.807, 2.05) is 0 Å². The molecule has 0 spiro atoms. The third-order valence-corrected chi connectivity index (χ3v) is 2.08. The van der Waals surface area contributed by atoms with E-state index in [0.29, 0.717) is 0 Å². The zero-order valence-corrected chi connectivity index (χ0v) is 9.07. The first-order valence-corrected chi connectivity index (χ1v) is 6.08. The maximum absolute atomic E-state index is 13.0. The van der Waals surface area contributed by atoms with E-state index in [9.17, 15) is 22.0 Å². The van der Waals surface area contributed by atoms with Crippen LogP contribution in [-0.4, -0.2) is 14.4 Å². The zero-order valence-electron chi connectivity index (χ0n) is 7.50. The molecule has 1 aromatic rings. The van der Waals surface area contributed by atoms with Gasteiger partial charge < -0.3 is 5.32 Å². The quantitative estimate of drug-likeness (QED) is 0.801. The van der Waals surface area contributed by atoms with Crippen molar-refractivity contribution in [3.05, 3.63) is 29.8 Å².